The number of rotatable bonds is 9. The first kappa shape index (κ1) is 57.0. The van der Waals surface area contributed by atoms with Crippen molar-refractivity contribution < 1.29 is 72.3 Å². The number of esters is 2. The number of carbonyl (C=O) groups excluding carboxylic acids is 9. The van der Waals surface area contributed by atoms with Crippen molar-refractivity contribution in [2.75, 3.05) is 26.8 Å². The molecule has 1 spiro atoms. The fourth-order valence-electron chi connectivity index (χ4n) is 8.15. The number of amides is 7. The average molecular weight is 1020 g/mol. The highest BCUT2D eigenvalue weighted by Crippen LogP contribution is 2.35. The predicted molar refractivity (Wildman–Crippen MR) is 260 cm³/mol. The van der Waals surface area contributed by atoms with Gasteiger partial charge in [-0.15, -0.1) is 0 Å². The van der Waals surface area contributed by atoms with Gasteiger partial charge in [0, 0.05) is 19.5 Å². The van der Waals surface area contributed by atoms with Gasteiger partial charge in [-0.25, -0.2) is 4.79 Å². The Morgan fingerprint density at radius 1 is 0.822 bits per heavy atom. The highest BCUT2D eigenvalue weighted by atomic mass is 16.6. The van der Waals surface area contributed by atoms with Gasteiger partial charge in [-0.3, -0.25) is 38.4 Å². The molecule has 4 heterocycles. The monoisotopic (exact) mass is 1020 g/mol. The molecule has 4 aliphatic rings. The van der Waals surface area contributed by atoms with E-state index >= 15 is 4.79 Å². The van der Waals surface area contributed by atoms with E-state index in [-0.39, 0.29) is 18.6 Å². The number of fused-ring (bicyclic) bond motifs is 9. The minimum absolute atomic E-state index is 0.141. The summed E-state index contributed by atoms with van der Waals surface area (Å²) >= 11 is 0. The fraction of sp³-hybridized carbons (Fsp3) is 0.549. The molecule has 13 atom stereocenters. The van der Waals surface area contributed by atoms with Gasteiger partial charge in [-0.2, -0.15) is 0 Å². The number of ether oxygens (including phenoxy) is 4. The lowest BCUT2D eigenvalue weighted by Gasteiger charge is -2.34. The maximum absolute atomic E-state index is 15.2. The summed E-state index contributed by atoms with van der Waals surface area (Å²) in [7, 11) is 1.32. The molecule has 22 heteroatoms. The van der Waals surface area contributed by atoms with E-state index < -0.39 is 150 Å². The summed E-state index contributed by atoms with van der Waals surface area (Å²) in [6, 6.07) is 4.69. The van der Waals surface area contributed by atoms with E-state index in [4.69, 9.17) is 18.9 Å². The zero-order valence-corrected chi connectivity index (χ0v) is 42.5. The minimum atomic E-state index is -1.94. The van der Waals surface area contributed by atoms with Gasteiger partial charge < -0.3 is 66.0 Å². The molecule has 2 fully saturated rings. The highest BCUT2D eigenvalue weighted by molar-refractivity contribution is 5.98. The maximum Gasteiger partial charge on any atom is 0.332 e. The molecule has 0 unspecified atom stereocenters. The molecule has 2 aromatic rings. The van der Waals surface area contributed by atoms with Crippen LogP contribution in [0.2, 0.25) is 0 Å². The number of carbonyl (C=O) groups is 9. The second-order valence-electron chi connectivity index (χ2n) is 19.2. The Labute approximate surface area is 424 Å². The molecular formula is C51H69N7O15. The lowest BCUT2D eigenvalue weighted by molar-refractivity contribution is -0.160. The average Bonchev–Trinajstić information content (AvgIpc) is 4.17. The molecule has 4 aliphatic heterocycles. The van der Waals surface area contributed by atoms with E-state index in [1.54, 1.807) is 65.0 Å². The molecule has 6 rings (SSSR count). The lowest BCUT2D eigenvalue weighted by atomic mass is 9.93. The van der Waals surface area contributed by atoms with Crippen molar-refractivity contribution in [2.45, 2.75) is 134 Å². The molecule has 73 heavy (non-hydrogen) atoms. The molecule has 0 aliphatic carbocycles. The topological polar surface area (TPSA) is 310 Å². The van der Waals surface area contributed by atoms with E-state index in [9.17, 15) is 48.6 Å². The van der Waals surface area contributed by atoms with Gasteiger partial charge in [-0.05, 0) is 61.9 Å². The number of cyclic esters (lactones) is 1. The van der Waals surface area contributed by atoms with E-state index in [1.165, 1.54) is 58.2 Å². The van der Waals surface area contributed by atoms with Crippen molar-refractivity contribution in [1.29, 1.82) is 0 Å². The number of epoxide rings is 1. The Morgan fingerprint density at radius 2 is 1.45 bits per heavy atom. The SMILES string of the molecule is CC[C@@H](C)[C@@H]1NC(=O)[C@H](NC(=O)[C@@H](C)[C@@H](O)C(C)C)[C@H](C)OC(=O)[C@H]2COC(=O)CNC(=O)/C=C/[C@@]3(CO3)[C@H](C)Oc3ccc(cc3)[C@@H](NC1=O)C(=O)N(C)[C@H](Cc1ccccc1)C(=O)N[C@@H]([C@H](C)O)C(=O)N2. The quantitative estimate of drug-likeness (QED) is 0.118. The van der Waals surface area contributed by atoms with Crippen molar-refractivity contribution >= 4 is 53.3 Å². The summed E-state index contributed by atoms with van der Waals surface area (Å²) in [5.74, 6) is -10.7. The van der Waals surface area contributed by atoms with Crippen molar-refractivity contribution in [3.05, 3.63) is 77.9 Å². The van der Waals surface area contributed by atoms with Gasteiger partial charge in [0.05, 0.1) is 24.7 Å². The molecular weight excluding hydrogens is 951 g/mol. The van der Waals surface area contributed by atoms with Crippen molar-refractivity contribution in [3.63, 3.8) is 0 Å². The molecule has 4 bridgehead atoms. The minimum Gasteiger partial charge on any atom is -0.487 e. The van der Waals surface area contributed by atoms with E-state index in [2.05, 4.69) is 31.9 Å². The van der Waals surface area contributed by atoms with Crippen LogP contribution in [0.5, 0.6) is 5.75 Å². The third kappa shape index (κ3) is 14.8. The van der Waals surface area contributed by atoms with Crippen molar-refractivity contribution in [2.24, 2.45) is 17.8 Å². The molecule has 0 radical (unpaired) electrons. The number of nitrogens with zero attached hydrogens (tertiary/aromatic N) is 1. The van der Waals surface area contributed by atoms with Gasteiger partial charge >= 0.3 is 11.9 Å². The van der Waals surface area contributed by atoms with Crippen LogP contribution in [0.1, 0.15) is 79.0 Å². The predicted octanol–water partition coefficient (Wildman–Crippen LogP) is -0.356. The second-order valence-corrected chi connectivity index (χ2v) is 19.2. The van der Waals surface area contributed by atoms with Gasteiger partial charge in [0.25, 0.3) is 0 Å². The first-order chi connectivity index (χ1) is 34.5. The molecule has 0 aromatic heterocycles. The van der Waals surface area contributed by atoms with Crippen LogP contribution in [0, 0.1) is 17.8 Å². The van der Waals surface area contributed by atoms with E-state index in [0.717, 1.165) is 11.0 Å². The molecule has 22 nitrogen and oxygen atoms in total. The number of hydrogen-bond acceptors (Lipinski definition) is 15. The normalized spacial score (nSPS) is 29.3. The van der Waals surface area contributed by atoms with Crippen LogP contribution < -0.4 is 36.6 Å². The molecule has 0 saturated carbocycles. The van der Waals surface area contributed by atoms with Crippen LogP contribution >= 0.6 is 0 Å². The number of likely N-dealkylation sites (N-methyl/N-ethyl adjacent to an activating group) is 1. The molecule has 2 saturated heterocycles. The van der Waals surface area contributed by atoms with Gasteiger partial charge in [0.2, 0.25) is 41.4 Å². The molecule has 398 valence electrons. The van der Waals surface area contributed by atoms with Crippen LogP contribution in [-0.4, -0.2) is 155 Å². The highest BCUT2D eigenvalue weighted by Gasteiger charge is 2.49. The molecule has 8 N–H and O–H groups in total. The standard InChI is InChI=1S/C51H69N7O15/c1-10-27(4)39-46(65)57-42-33-16-18-34(19-17-33)73-31(8)51(25-71-51)21-20-37(60)52-23-38(61)70-24-35(50(69)72-30(7)41(48(67)54-39)56-44(63)28(5)43(62)26(2)3)53-47(66)40(29(6)59)55-45(64)36(58(9)49(42)68)22-32-14-12-11-13-15-32/h11-21,26-31,35-36,39-43,59,62H,10,22-25H2,1-9H3,(H,52,60)(H,53,66)(H,54,67)(H,55,64)(H,56,63)(H,57,65)/b21-20+/t27-,28+,29+,30+,31+,35-,36-,39+,40+,41-,42-,43+,51-/m1/s1. The summed E-state index contributed by atoms with van der Waals surface area (Å²) in [6.45, 7) is 10.8. The van der Waals surface area contributed by atoms with Gasteiger partial charge in [-0.1, -0.05) is 83.5 Å². The summed E-state index contributed by atoms with van der Waals surface area (Å²) in [5, 5.41) is 37.1. The summed E-state index contributed by atoms with van der Waals surface area (Å²) in [5.41, 5.74) is -0.249. The van der Waals surface area contributed by atoms with Crippen molar-refractivity contribution in [1.82, 2.24) is 36.8 Å². The number of aliphatic hydroxyl groups is 2. The Kier molecular flexibility index (Phi) is 19.6. The van der Waals surface area contributed by atoms with Crippen LogP contribution in [0.3, 0.4) is 0 Å². The zero-order valence-electron chi connectivity index (χ0n) is 42.5. The second kappa shape index (κ2) is 25.2. The Morgan fingerprint density at radius 3 is 2.05 bits per heavy atom. The van der Waals surface area contributed by atoms with Crippen molar-refractivity contribution in [3.8, 4) is 5.75 Å². The third-order valence-electron chi connectivity index (χ3n) is 13.4. The number of benzene rings is 2. The third-order valence-corrected chi connectivity index (χ3v) is 13.4. The largest absolute Gasteiger partial charge is 0.487 e. The van der Waals surface area contributed by atoms with E-state index in [0.29, 0.717) is 17.7 Å². The zero-order chi connectivity index (χ0) is 53.9. The summed E-state index contributed by atoms with van der Waals surface area (Å²) in [4.78, 5) is 129. The van der Waals surface area contributed by atoms with Crippen LogP contribution in [0.4, 0.5) is 0 Å². The number of aliphatic hydroxyl groups excluding tert-OH is 2. The van der Waals surface area contributed by atoms with Gasteiger partial charge in [0.1, 0.15) is 66.9 Å². The number of hydrogen-bond donors (Lipinski definition) is 8. The van der Waals surface area contributed by atoms with Gasteiger partial charge in [0.15, 0.2) is 6.04 Å². The van der Waals surface area contributed by atoms with Crippen LogP contribution in [-0.2, 0) is 63.8 Å². The summed E-state index contributed by atoms with van der Waals surface area (Å²) in [6.07, 6.45) is -2.39. The fourth-order valence-corrected chi connectivity index (χ4v) is 8.15. The van der Waals surface area contributed by atoms with Crippen LogP contribution in [0.15, 0.2) is 66.7 Å². The Bertz CT molecular complexity index is 2360. The maximum atomic E-state index is 15.2. The smallest absolute Gasteiger partial charge is 0.332 e. The number of nitrogens with one attached hydrogen (secondary N) is 6. The molecule has 2 aromatic carbocycles. The molecule has 7 amide bonds. The van der Waals surface area contributed by atoms with E-state index in [1.807, 2.05) is 0 Å². The Balaban J connectivity index is 1.72. The Hall–Kier alpha value is -6.91. The first-order valence-corrected chi connectivity index (χ1v) is 24.4. The van der Waals surface area contributed by atoms with Crippen LogP contribution in [0.25, 0.3) is 0 Å². The summed E-state index contributed by atoms with van der Waals surface area (Å²) < 4.78 is 23.0. The lowest BCUT2D eigenvalue weighted by Crippen LogP contribution is -2.61. The first-order valence-electron chi connectivity index (χ1n) is 24.4.